The van der Waals surface area contributed by atoms with Crippen LogP contribution >= 0.6 is 0 Å². The zero-order valence-electron chi connectivity index (χ0n) is 12.4. The predicted molar refractivity (Wildman–Crippen MR) is 82.0 cm³/mol. The van der Waals surface area contributed by atoms with Gasteiger partial charge in [0.1, 0.15) is 11.5 Å². The van der Waals surface area contributed by atoms with Crippen LogP contribution in [0.1, 0.15) is 51.0 Å². The predicted octanol–water partition coefficient (Wildman–Crippen LogP) is 5.08. The third-order valence-corrected chi connectivity index (χ3v) is 3.21. The fraction of sp³-hybridized carbons (Fsp3) is 0.529. The number of methoxy groups -OCH3 is 2. The second-order valence-corrected chi connectivity index (χ2v) is 4.71. The standard InChI is InChI=1S/C17H26O2/c1-4-5-6-7-8-9-10-11-15-12-13-16(18-2)14-17(15)19-3/h10-14H,4-9H2,1-3H3/b11-10+. The minimum absolute atomic E-state index is 0.827. The number of rotatable bonds is 9. The van der Waals surface area contributed by atoms with Crippen LogP contribution in [0.25, 0.3) is 6.08 Å². The van der Waals surface area contributed by atoms with Crippen LogP contribution in [0, 0.1) is 0 Å². The molecule has 0 saturated heterocycles. The van der Waals surface area contributed by atoms with E-state index in [0.29, 0.717) is 0 Å². The maximum atomic E-state index is 5.37. The molecule has 1 aromatic carbocycles. The van der Waals surface area contributed by atoms with Gasteiger partial charge >= 0.3 is 0 Å². The Morgan fingerprint density at radius 2 is 1.79 bits per heavy atom. The van der Waals surface area contributed by atoms with E-state index in [1.54, 1.807) is 14.2 Å². The van der Waals surface area contributed by atoms with Crippen molar-refractivity contribution in [3.63, 3.8) is 0 Å². The average Bonchev–Trinajstić information content (AvgIpc) is 2.46. The molecule has 2 nitrogen and oxygen atoms in total. The smallest absolute Gasteiger partial charge is 0.129 e. The first-order valence-electron chi connectivity index (χ1n) is 7.20. The lowest BCUT2D eigenvalue weighted by atomic mass is 10.1. The summed E-state index contributed by atoms with van der Waals surface area (Å²) < 4.78 is 10.6. The van der Waals surface area contributed by atoms with E-state index in [0.717, 1.165) is 23.5 Å². The average molecular weight is 262 g/mol. The van der Waals surface area contributed by atoms with Gasteiger partial charge in [0.2, 0.25) is 0 Å². The summed E-state index contributed by atoms with van der Waals surface area (Å²) in [6.45, 7) is 2.25. The highest BCUT2D eigenvalue weighted by atomic mass is 16.5. The second kappa shape index (κ2) is 9.48. The Bertz CT molecular complexity index is 383. The van der Waals surface area contributed by atoms with E-state index in [-0.39, 0.29) is 0 Å². The fourth-order valence-corrected chi connectivity index (χ4v) is 2.03. The summed E-state index contributed by atoms with van der Waals surface area (Å²) in [5.74, 6) is 1.69. The number of unbranched alkanes of at least 4 members (excludes halogenated alkanes) is 5. The number of benzene rings is 1. The highest BCUT2D eigenvalue weighted by Crippen LogP contribution is 2.25. The van der Waals surface area contributed by atoms with Crippen LogP contribution in [0.15, 0.2) is 24.3 Å². The molecule has 0 heterocycles. The van der Waals surface area contributed by atoms with Crippen LogP contribution < -0.4 is 9.47 Å². The molecule has 0 N–H and O–H groups in total. The third kappa shape index (κ3) is 5.82. The minimum atomic E-state index is 0.827. The molecular weight excluding hydrogens is 236 g/mol. The minimum Gasteiger partial charge on any atom is -0.497 e. The molecule has 0 amide bonds. The van der Waals surface area contributed by atoms with Crippen molar-refractivity contribution in [1.29, 1.82) is 0 Å². The van der Waals surface area contributed by atoms with E-state index >= 15 is 0 Å². The Hall–Kier alpha value is -1.44. The number of hydrogen-bond acceptors (Lipinski definition) is 2. The van der Waals surface area contributed by atoms with Crippen molar-refractivity contribution < 1.29 is 9.47 Å². The summed E-state index contributed by atoms with van der Waals surface area (Å²) in [7, 11) is 3.36. The molecule has 0 aliphatic carbocycles. The number of ether oxygens (including phenoxy) is 2. The molecule has 1 rings (SSSR count). The molecule has 0 aliphatic rings. The largest absolute Gasteiger partial charge is 0.497 e. The van der Waals surface area contributed by atoms with Crippen LogP contribution in [0.2, 0.25) is 0 Å². The summed E-state index contributed by atoms with van der Waals surface area (Å²) in [5, 5.41) is 0. The van der Waals surface area contributed by atoms with Gasteiger partial charge in [0.15, 0.2) is 0 Å². The van der Waals surface area contributed by atoms with Crippen LogP contribution in [-0.4, -0.2) is 14.2 Å². The van der Waals surface area contributed by atoms with E-state index in [1.165, 1.54) is 32.1 Å². The van der Waals surface area contributed by atoms with Crippen molar-refractivity contribution in [2.75, 3.05) is 14.2 Å². The van der Waals surface area contributed by atoms with Crippen LogP contribution in [0.4, 0.5) is 0 Å². The molecule has 0 aliphatic heterocycles. The van der Waals surface area contributed by atoms with Crippen LogP contribution in [0.5, 0.6) is 11.5 Å². The monoisotopic (exact) mass is 262 g/mol. The van der Waals surface area contributed by atoms with E-state index in [4.69, 9.17) is 9.47 Å². The van der Waals surface area contributed by atoms with Gasteiger partial charge in [-0.05, 0) is 25.0 Å². The van der Waals surface area contributed by atoms with Crippen LogP contribution in [-0.2, 0) is 0 Å². The molecule has 0 bridgehead atoms. The molecule has 0 aromatic heterocycles. The van der Waals surface area contributed by atoms with Gasteiger partial charge in [0.05, 0.1) is 14.2 Å². The topological polar surface area (TPSA) is 18.5 Å². The van der Waals surface area contributed by atoms with Crippen molar-refractivity contribution in [3.05, 3.63) is 29.8 Å². The molecule has 0 radical (unpaired) electrons. The lowest BCUT2D eigenvalue weighted by molar-refractivity contribution is 0.393. The molecule has 0 unspecified atom stereocenters. The fourth-order valence-electron chi connectivity index (χ4n) is 2.03. The van der Waals surface area contributed by atoms with Crippen molar-refractivity contribution >= 4 is 6.08 Å². The van der Waals surface area contributed by atoms with Gasteiger partial charge in [-0.3, -0.25) is 0 Å². The molecule has 2 heteroatoms. The molecule has 0 fully saturated rings. The van der Waals surface area contributed by atoms with E-state index in [1.807, 2.05) is 18.2 Å². The van der Waals surface area contributed by atoms with Gasteiger partial charge in [0.25, 0.3) is 0 Å². The Labute approximate surface area is 117 Å². The van der Waals surface area contributed by atoms with Crippen molar-refractivity contribution in [3.8, 4) is 11.5 Å². The van der Waals surface area contributed by atoms with Gasteiger partial charge < -0.3 is 9.47 Å². The zero-order chi connectivity index (χ0) is 13.9. The van der Waals surface area contributed by atoms with Gasteiger partial charge in [-0.2, -0.15) is 0 Å². The lowest BCUT2D eigenvalue weighted by Crippen LogP contribution is -1.89. The third-order valence-electron chi connectivity index (χ3n) is 3.21. The number of hydrogen-bond donors (Lipinski definition) is 0. The molecule has 0 saturated carbocycles. The van der Waals surface area contributed by atoms with Gasteiger partial charge in [-0.25, -0.2) is 0 Å². The summed E-state index contributed by atoms with van der Waals surface area (Å²) in [4.78, 5) is 0. The molecule has 0 atom stereocenters. The Morgan fingerprint density at radius 1 is 1.00 bits per heavy atom. The molecular formula is C17H26O2. The first-order chi connectivity index (χ1) is 9.31. The summed E-state index contributed by atoms with van der Waals surface area (Å²) in [6.07, 6.45) is 12.1. The van der Waals surface area contributed by atoms with E-state index < -0.39 is 0 Å². The maximum Gasteiger partial charge on any atom is 0.129 e. The second-order valence-electron chi connectivity index (χ2n) is 4.71. The molecule has 0 spiro atoms. The first kappa shape index (κ1) is 15.6. The molecule has 1 aromatic rings. The SMILES string of the molecule is CCCCCCC/C=C/c1ccc(OC)cc1OC. The quantitative estimate of drug-likeness (QED) is 0.578. The molecule has 19 heavy (non-hydrogen) atoms. The van der Waals surface area contributed by atoms with Crippen molar-refractivity contribution in [1.82, 2.24) is 0 Å². The van der Waals surface area contributed by atoms with Crippen molar-refractivity contribution in [2.24, 2.45) is 0 Å². The highest BCUT2D eigenvalue weighted by Gasteiger charge is 2.01. The number of allylic oxidation sites excluding steroid dienone is 1. The van der Waals surface area contributed by atoms with Crippen molar-refractivity contribution in [2.45, 2.75) is 45.4 Å². The first-order valence-corrected chi connectivity index (χ1v) is 7.20. The van der Waals surface area contributed by atoms with Gasteiger partial charge in [-0.1, -0.05) is 44.8 Å². The van der Waals surface area contributed by atoms with Crippen LogP contribution in [0.3, 0.4) is 0 Å². The summed E-state index contributed by atoms with van der Waals surface area (Å²) in [6, 6.07) is 5.91. The lowest BCUT2D eigenvalue weighted by Gasteiger charge is -2.07. The zero-order valence-corrected chi connectivity index (χ0v) is 12.4. The van der Waals surface area contributed by atoms with Gasteiger partial charge in [-0.15, -0.1) is 0 Å². The van der Waals surface area contributed by atoms with E-state index in [9.17, 15) is 0 Å². The summed E-state index contributed by atoms with van der Waals surface area (Å²) >= 11 is 0. The normalized spacial score (nSPS) is 10.9. The molecule has 106 valence electrons. The maximum absolute atomic E-state index is 5.37. The summed E-state index contributed by atoms with van der Waals surface area (Å²) in [5.41, 5.74) is 1.11. The Kier molecular flexibility index (Phi) is 7.80. The van der Waals surface area contributed by atoms with Gasteiger partial charge in [0, 0.05) is 11.6 Å². The highest BCUT2D eigenvalue weighted by molar-refractivity contribution is 5.59. The van der Waals surface area contributed by atoms with E-state index in [2.05, 4.69) is 19.1 Å². The Balaban J connectivity index is 2.43. The Morgan fingerprint density at radius 3 is 2.47 bits per heavy atom.